The molecular formula is C9H9BrClNO. The second-order valence-corrected chi connectivity index (χ2v) is 3.88. The molecule has 0 bridgehead atoms. The molecule has 1 heterocycles. The predicted molar refractivity (Wildman–Crippen MR) is 57.3 cm³/mol. The summed E-state index contributed by atoms with van der Waals surface area (Å²) in [5, 5.41) is 0.555. The minimum Gasteiger partial charge on any atom is -0.486 e. The van der Waals surface area contributed by atoms with E-state index in [2.05, 4.69) is 27.5 Å². The van der Waals surface area contributed by atoms with Gasteiger partial charge in [0.25, 0.3) is 0 Å². The normalized spacial score (nSPS) is 9.77. The third kappa shape index (κ3) is 3.36. The van der Waals surface area contributed by atoms with Crippen molar-refractivity contribution >= 4 is 27.5 Å². The molecule has 0 spiro atoms. The van der Waals surface area contributed by atoms with Gasteiger partial charge < -0.3 is 4.74 Å². The number of aromatic nitrogens is 1. The lowest BCUT2D eigenvalue weighted by molar-refractivity contribution is 0.348. The highest BCUT2D eigenvalue weighted by atomic mass is 79.9. The molecule has 1 rings (SSSR count). The van der Waals surface area contributed by atoms with E-state index in [9.17, 15) is 0 Å². The largest absolute Gasteiger partial charge is 0.486 e. The lowest BCUT2D eigenvalue weighted by Crippen LogP contribution is -1.98. The van der Waals surface area contributed by atoms with E-state index in [0.29, 0.717) is 22.0 Å². The van der Waals surface area contributed by atoms with E-state index in [4.69, 9.17) is 16.3 Å². The van der Waals surface area contributed by atoms with Crippen LogP contribution in [0.4, 0.5) is 0 Å². The summed E-state index contributed by atoms with van der Waals surface area (Å²) in [6.45, 7) is 6.10. The number of hydrogen-bond acceptors (Lipinski definition) is 2. The summed E-state index contributed by atoms with van der Waals surface area (Å²) in [5.41, 5.74) is 0.951. The van der Waals surface area contributed by atoms with Gasteiger partial charge in [-0.1, -0.05) is 18.2 Å². The second kappa shape index (κ2) is 4.63. The molecule has 0 aromatic carbocycles. The summed E-state index contributed by atoms with van der Waals surface area (Å²) in [7, 11) is 0. The highest BCUT2D eigenvalue weighted by Gasteiger charge is 2.02. The SMILES string of the molecule is C=C(C)COc1cc(Cl)cnc1Br. The number of pyridine rings is 1. The predicted octanol–water partition coefficient (Wildman–Crippen LogP) is 3.45. The molecule has 70 valence electrons. The molecule has 0 radical (unpaired) electrons. The lowest BCUT2D eigenvalue weighted by atomic mass is 10.4. The molecule has 0 amide bonds. The van der Waals surface area contributed by atoms with Gasteiger partial charge in [-0.2, -0.15) is 0 Å². The van der Waals surface area contributed by atoms with Crippen molar-refractivity contribution in [3.05, 3.63) is 34.0 Å². The first kappa shape index (κ1) is 10.5. The number of nitrogens with zero attached hydrogens (tertiary/aromatic N) is 1. The summed E-state index contributed by atoms with van der Waals surface area (Å²) < 4.78 is 6.04. The molecule has 0 aliphatic rings. The van der Waals surface area contributed by atoms with Gasteiger partial charge in [0.15, 0.2) is 5.75 Å². The summed E-state index contributed by atoms with van der Waals surface area (Å²) in [6.07, 6.45) is 1.55. The molecular weight excluding hydrogens is 253 g/mol. The molecule has 0 saturated carbocycles. The van der Waals surface area contributed by atoms with Crippen LogP contribution in [-0.2, 0) is 0 Å². The van der Waals surface area contributed by atoms with E-state index in [1.165, 1.54) is 0 Å². The van der Waals surface area contributed by atoms with Crippen LogP contribution < -0.4 is 4.74 Å². The fraction of sp³-hybridized carbons (Fsp3) is 0.222. The smallest absolute Gasteiger partial charge is 0.154 e. The topological polar surface area (TPSA) is 22.1 Å². The van der Waals surface area contributed by atoms with Crippen molar-refractivity contribution in [2.75, 3.05) is 6.61 Å². The second-order valence-electron chi connectivity index (χ2n) is 2.69. The van der Waals surface area contributed by atoms with Gasteiger partial charge >= 0.3 is 0 Å². The highest BCUT2D eigenvalue weighted by Crippen LogP contribution is 2.25. The Bertz CT molecular complexity index is 327. The van der Waals surface area contributed by atoms with Crippen LogP contribution in [0.25, 0.3) is 0 Å². The van der Waals surface area contributed by atoms with E-state index >= 15 is 0 Å². The van der Waals surface area contributed by atoms with Crippen LogP contribution >= 0.6 is 27.5 Å². The Morgan fingerprint density at radius 3 is 3.08 bits per heavy atom. The average Bonchev–Trinajstić information content (AvgIpc) is 2.06. The van der Waals surface area contributed by atoms with Crippen LogP contribution in [0.1, 0.15) is 6.92 Å². The third-order valence-corrected chi connectivity index (χ3v) is 2.05. The van der Waals surface area contributed by atoms with Crippen molar-refractivity contribution in [2.45, 2.75) is 6.92 Å². The zero-order chi connectivity index (χ0) is 9.84. The van der Waals surface area contributed by atoms with Crippen LogP contribution in [0.15, 0.2) is 29.0 Å². The standard InChI is InChI=1S/C9H9BrClNO/c1-6(2)5-13-8-3-7(11)4-12-9(8)10/h3-4H,1,5H2,2H3. The summed E-state index contributed by atoms with van der Waals surface area (Å²) in [4.78, 5) is 3.99. The molecule has 1 aromatic heterocycles. The molecule has 0 atom stereocenters. The maximum absolute atomic E-state index is 5.75. The average molecular weight is 263 g/mol. The third-order valence-electron chi connectivity index (χ3n) is 1.25. The summed E-state index contributed by atoms with van der Waals surface area (Å²) in [6, 6.07) is 1.71. The van der Waals surface area contributed by atoms with E-state index in [1.54, 1.807) is 12.3 Å². The maximum Gasteiger partial charge on any atom is 0.154 e. The van der Waals surface area contributed by atoms with Crippen molar-refractivity contribution in [1.82, 2.24) is 4.98 Å². The molecule has 0 unspecified atom stereocenters. The Morgan fingerprint density at radius 1 is 1.77 bits per heavy atom. The fourth-order valence-corrected chi connectivity index (χ4v) is 1.19. The fourth-order valence-electron chi connectivity index (χ4n) is 0.706. The summed E-state index contributed by atoms with van der Waals surface area (Å²) in [5.74, 6) is 0.635. The Labute approximate surface area is 90.7 Å². The molecule has 2 nitrogen and oxygen atoms in total. The van der Waals surface area contributed by atoms with Crippen LogP contribution in [0.3, 0.4) is 0 Å². The van der Waals surface area contributed by atoms with Gasteiger partial charge in [0.05, 0.1) is 5.02 Å². The number of ether oxygens (including phenoxy) is 1. The minimum absolute atomic E-state index is 0.473. The Kier molecular flexibility index (Phi) is 3.75. The minimum atomic E-state index is 0.473. The molecule has 0 N–H and O–H groups in total. The number of rotatable bonds is 3. The van der Waals surface area contributed by atoms with E-state index in [1.807, 2.05) is 6.92 Å². The molecule has 0 saturated heterocycles. The van der Waals surface area contributed by atoms with Gasteiger partial charge in [0.1, 0.15) is 11.2 Å². The number of hydrogen-bond donors (Lipinski definition) is 0. The van der Waals surface area contributed by atoms with Crippen molar-refractivity contribution in [2.24, 2.45) is 0 Å². The van der Waals surface area contributed by atoms with Gasteiger partial charge in [0, 0.05) is 12.3 Å². The lowest BCUT2D eigenvalue weighted by Gasteiger charge is -2.06. The van der Waals surface area contributed by atoms with Crippen LogP contribution in [0.2, 0.25) is 5.02 Å². The van der Waals surface area contributed by atoms with Gasteiger partial charge in [0.2, 0.25) is 0 Å². The molecule has 1 aromatic rings. The first-order valence-corrected chi connectivity index (χ1v) is 4.85. The van der Waals surface area contributed by atoms with Gasteiger partial charge in [-0.15, -0.1) is 0 Å². The van der Waals surface area contributed by atoms with E-state index < -0.39 is 0 Å². The molecule has 13 heavy (non-hydrogen) atoms. The number of halogens is 2. The molecule has 0 fully saturated rings. The van der Waals surface area contributed by atoms with Crippen LogP contribution in [0, 0.1) is 0 Å². The van der Waals surface area contributed by atoms with E-state index in [0.717, 1.165) is 5.57 Å². The highest BCUT2D eigenvalue weighted by molar-refractivity contribution is 9.10. The first-order valence-electron chi connectivity index (χ1n) is 3.68. The Hall–Kier alpha value is -0.540. The van der Waals surface area contributed by atoms with Crippen LogP contribution in [-0.4, -0.2) is 11.6 Å². The molecule has 0 aliphatic heterocycles. The van der Waals surface area contributed by atoms with Crippen LogP contribution in [0.5, 0.6) is 5.75 Å². The van der Waals surface area contributed by atoms with Crippen molar-refractivity contribution < 1.29 is 4.74 Å². The molecule has 4 heteroatoms. The van der Waals surface area contributed by atoms with Crippen molar-refractivity contribution in [1.29, 1.82) is 0 Å². The zero-order valence-corrected chi connectivity index (χ0v) is 9.52. The monoisotopic (exact) mass is 261 g/mol. The van der Waals surface area contributed by atoms with E-state index in [-0.39, 0.29) is 0 Å². The zero-order valence-electron chi connectivity index (χ0n) is 7.18. The first-order chi connectivity index (χ1) is 6.09. The molecule has 0 aliphatic carbocycles. The summed E-state index contributed by atoms with van der Waals surface area (Å²) >= 11 is 9.00. The Balaban J connectivity index is 2.75. The van der Waals surface area contributed by atoms with Gasteiger partial charge in [-0.05, 0) is 28.4 Å². The van der Waals surface area contributed by atoms with Crippen molar-refractivity contribution in [3.63, 3.8) is 0 Å². The van der Waals surface area contributed by atoms with Crippen molar-refractivity contribution in [3.8, 4) is 5.75 Å². The Morgan fingerprint density at radius 2 is 2.46 bits per heavy atom. The maximum atomic E-state index is 5.75. The quantitative estimate of drug-likeness (QED) is 0.615. The van der Waals surface area contributed by atoms with Gasteiger partial charge in [-0.3, -0.25) is 0 Å². The van der Waals surface area contributed by atoms with Gasteiger partial charge in [-0.25, -0.2) is 4.98 Å².